The third-order valence-corrected chi connectivity index (χ3v) is 5.84. The number of thiazole rings is 1. The summed E-state index contributed by atoms with van der Waals surface area (Å²) in [6.45, 7) is 6.29. The molecule has 4 rings (SSSR count). The van der Waals surface area contributed by atoms with Gasteiger partial charge in [0.15, 0.2) is 0 Å². The molecule has 0 aliphatic carbocycles. The number of imidazole rings is 1. The van der Waals surface area contributed by atoms with Crippen molar-refractivity contribution in [3.8, 4) is 21.8 Å². The molecule has 0 saturated heterocycles. The Labute approximate surface area is 164 Å². The van der Waals surface area contributed by atoms with E-state index in [2.05, 4.69) is 35.7 Å². The summed E-state index contributed by atoms with van der Waals surface area (Å²) in [7, 11) is 0. The van der Waals surface area contributed by atoms with Crippen LogP contribution in [0.2, 0.25) is 0 Å². The zero-order chi connectivity index (χ0) is 20.1. The Morgan fingerprint density at radius 2 is 1.75 bits per heavy atom. The molecule has 2 aromatic carbocycles. The highest BCUT2D eigenvalue weighted by atomic mass is 32.1. The third-order valence-electron chi connectivity index (χ3n) is 4.41. The highest BCUT2D eigenvalue weighted by molar-refractivity contribution is 7.15. The first-order valence-electron chi connectivity index (χ1n) is 8.76. The van der Waals surface area contributed by atoms with Crippen molar-refractivity contribution in [2.24, 2.45) is 0 Å². The summed E-state index contributed by atoms with van der Waals surface area (Å²) in [5.74, 6) is 0.671. The molecule has 0 aliphatic heterocycles. The van der Waals surface area contributed by atoms with E-state index in [-0.39, 0.29) is 11.0 Å². The molecule has 0 fully saturated rings. The second-order valence-corrected chi connectivity index (χ2v) is 8.67. The van der Waals surface area contributed by atoms with Crippen molar-refractivity contribution in [2.75, 3.05) is 0 Å². The van der Waals surface area contributed by atoms with E-state index in [1.54, 1.807) is 41.8 Å². The molecule has 0 saturated carbocycles. The highest BCUT2D eigenvalue weighted by Crippen LogP contribution is 2.38. The van der Waals surface area contributed by atoms with Crippen molar-refractivity contribution in [3.63, 3.8) is 0 Å². The van der Waals surface area contributed by atoms with Gasteiger partial charge in [0.25, 0.3) is 0 Å². The Hall–Kier alpha value is -2.67. The van der Waals surface area contributed by atoms with E-state index in [9.17, 15) is 13.2 Å². The van der Waals surface area contributed by atoms with Gasteiger partial charge in [-0.1, -0.05) is 45.0 Å². The zero-order valence-electron chi connectivity index (χ0n) is 15.6. The van der Waals surface area contributed by atoms with E-state index < -0.39 is 11.7 Å². The van der Waals surface area contributed by atoms with Crippen LogP contribution in [0, 0.1) is 0 Å². The summed E-state index contributed by atoms with van der Waals surface area (Å²) in [5.41, 5.74) is 1.32. The normalized spacial score (nSPS) is 12.6. The maximum absolute atomic E-state index is 13.3. The van der Waals surface area contributed by atoms with Crippen molar-refractivity contribution in [1.29, 1.82) is 0 Å². The minimum absolute atomic E-state index is 0.0522. The predicted molar refractivity (Wildman–Crippen MR) is 106 cm³/mol. The molecule has 3 nitrogen and oxygen atoms in total. The molecule has 7 heteroatoms. The monoisotopic (exact) mass is 401 g/mol. The number of fused-ring (bicyclic) bond motifs is 1. The molecule has 0 bridgehead atoms. The van der Waals surface area contributed by atoms with Gasteiger partial charge in [-0.2, -0.15) is 13.2 Å². The highest BCUT2D eigenvalue weighted by Gasteiger charge is 2.33. The van der Waals surface area contributed by atoms with E-state index in [1.165, 1.54) is 12.1 Å². The van der Waals surface area contributed by atoms with Crippen LogP contribution in [0.25, 0.3) is 32.9 Å². The smallest absolute Gasteiger partial charge is 0.337 e. The number of rotatable bonds is 2. The number of aromatic amines is 1. The minimum atomic E-state index is -4.41. The summed E-state index contributed by atoms with van der Waals surface area (Å²) in [5, 5.41) is 1.00. The lowest BCUT2D eigenvalue weighted by Crippen LogP contribution is -2.09. The Kier molecular flexibility index (Phi) is 4.30. The van der Waals surface area contributed by atoms with E-state index >= 15 is 0 Å². The predicted octanol–water partition coefficient (Wildman–Crippen LogP) is 6.67. The zero-order valence-corrected chi connectivity index (χ0v) is 16.4. The molecule has 28 heavy (non-hydrogen) atoms. The molecule has 144 valence electrons. The maximum Gasteiger partial charge on any atom is 0.417 e. The number of H-pyrrole nitrogens is 1. The van der Waals surface area contributed by atoms with Crippen molar-refractivity contribution >= 4 is 22.4 Å². The topological polar surface area (TPSA) is 41.6 Å². The largest absolute Gasteiger partial charge is 0.417 e. The molecular weight excluding hydrogens is 383 g/mol. The maximum atomic E-state index is 13.3. The summed E-state index contributed by atoms with van der Waals surface area (Å²) in [4.78, 5) is 13.2. The molecule has 2 aromatic heterocycles. The lowest BCUT2D eigenvalue weighted by Gasteiger charge is -2.13. The van der Waals surface area contributed by atoms with Crippen LogP contribution in [-0.4, -0.2) is 15.0 Å². The number of aromatic nitrogens is 3. The summed E-state index contributed by atoms with van der Waals surface area (Å²) in [6, 6.07) is 10.7. The number of benzene rings is 2. The van der Waals surface area contributed by atoms with Crippen molar-refractivity contribution in [3.05, 3.63) is 59.2 Å². The van der Waals surface area contributed by atoms with Crippen LogP contribution >= 0.6 is 11.3 Å². The molecule has 0 unspecified atom stereocenters. The molecule has 4 aromatic rings. The summed E-state index contributed by atoms with van der Waals surface area (Å²) in [6.07, 6.45) is -2.63. The molecule has 0 atom stereocenters. The molecule has 0 radical (unpaired) electrons. The number of halogens is 3. The molecule has 1 N–H and O–H groups in total. The van der Waals surface area contributed by atoms with Gasteiger partial charge in [-0.3, -0.25) is 0 Å². The van der Waals surface area contributed by atoms with E-state index in [4.69, 9.17) is 0 Å². The lowest BCUT2D eigenvalue weighted by atomic mass is 9.98. The average Bonchev–Trinajstić information content (AvgIpc) is 3.27. The number of alkyl halides is 3. The molecule has 0 amide bonds. The van der Waals surface area contributed by atoms with Gasteiger partial charge in [-0.15, -0.1) is 11.3 Å². The van der Waals surface area contributed by atoms with Gasteiger partial charge in [0.1, 0.15) is 5.82 Å². The fourth-order valence-electron chi connectivity index (χ4n) is 3.00. The quantitative estimate of drug-likeness (QED) is 0.407. The summed E-state index contributed by atoms with van der Waals surface area (Å²) >= 11 is 1.56. The van der Waals surface area contributed by atoms with Crippen LogP contribution in [-0.2, 0) is 11.6 Å². The van der Waals surface area contributed by atoms with Gasteiger partial charge < -0.3 is 4.98 Å². The van der Waals surface area contributed by atoms with E-state index in [0.717, 1.165) is 21.5 Å². The first-order valence-corrected chi connectivity index (χ1v) is 9.57. The Morgan fingerprint density at radius 1 is 1.00 bits per heavy atom. The number of nitrogens with one attached hydrogen (secondary N) is 1. The van der Waals surface area contributed by atoms with Crippen molar-refractivity contribution in [1.82, 2.24) is 15.0 Å². The number of hydrogen-bond donors (Lipinski definition) is 1. The fraction of sp³-hybridized carbons (Fsp3) is 0.238. The SMILES string of the molecule is CC(C)(C)c1ncc(-c2nc3cc(-c4ccccc4C(F)(F)F)ccc3[nH]2)s1. The minimum Gasteiger partial charge on any atom is -0.337 e. The second-order valence-electron chi connectivity index (χ2n) is 7.64. The van der Waals surface area contributed by atoms with Crippen LogP contribution in [0.3, 0.4) is 0 Å². The first-order chi connectivity index (χ1) is 13.1. The number of hydrogen-bond acceptors (Lipinski definition) is 3. The van der Waals surface area contributed by atoms with Crippen LogP contribution in [0.15, 0.2) is 48.7 Å². The van der Waals surface area contributed by atoms with Crippen LogP contribution in [0.5, 0.6) is 0 Å². The second kappa shape index (κ2) is 6.44. The van der Waals surface area contributed by atoms with Gasteiger partial charge in [0.2, 0.25) is 0 Å². The van der Waals surface area contributed by atoms with Gasteiger partial charge in [-0.25, -0.2) is 9.97 Å². The van der Waals surface area contributed by atoms with Gasteiger partial charge in [-0.05, 0) is 29.3 Å². The first kappa shape index (κ1) is 18.7. The van der Waals surface area contributed by atoms with Crippen LogP contribution < -0.4 is 0 Å². The van der Waals surface area contributed by atoms with Crippen molar-refractivity contribution in [2.45, 2.75) is 32.4 Å². The van der Waals surface area contributed by atoms with Crippen LogP contribution in [0.1, 0.15) is 31.3 Å². The Bertz CT molecular complexity index is 1150. The third kappa shape index (κ3) is 3.42. The van der Waals surface area contributed by atoms with E-state index in [1.807, 2.05) is 0 Å². The lowest BCUT2D eigenvalue weighted by molar-refractivity contribution is -0.137. The van der Waals surface area contributed by atoms with Crippen molar-refractivity contribution < 1.29 is 13.2 Å². The Balaban J connectivity index is 1.77. The van der Waals surface area contributed by atoms with Gasteiger partial charge >= 0.3 is 6.18 Å². The molecule has 0 spiro atoms. The van der Waals surface area contributed by atoms with E-state index in [0.29, 0.717) is 16.9 Å². The molecule has 2 heterocycles. The average molecular weight is 401 g/mol. The van der Waals surface area contributed by atoms with Crippen LogP contribution in [0.4, 0.5) is 13.2 Å². The van der Waals surface area contributed by atoms with Gasteiger partial charge in [0, 0.05) is 11.6 Å². The molecular formula is C21H18F3N3S. The molecule has 0 aliphatic rings. The van der Waals surface area contributed by atoms with Gasteiger partial charge in [0.05, 0.1) is 26.5 Å². The summed E-state index contributed by atoms with van der Waals surface area (Å²) < 4.78 is 40.0. The number of nitrogens with zero attached hydrogens (tertiary/aromatic N) is 2. The fourth-order valence-corrected chi connectivity index (χ4v) is 3.92. The Morgan fingerprint density at radius 3 is 2.43 bits per heavy atom. The standard InChI is InChI=1S/C21H18F3N3S/c1-20(2,3)19-25-11-17(28-19)18-26-15-9-8-12(10-16(15)27-18)13-6-4-5-7-14(13)21(22,23)24/h4-11H,1-3H3,(H,26,27).